The van der Waals surface area contributed by atoms with Crippen molar-refractivity contribution in [2.75, 3.05) is 38.0 Å². The van der Waals surface area contributed by atoms with E-state index in [1.807, 2.05) is 36.4 Å². The molecule has 22 heteroatoms. The van der Waals surface area contributed by atoms with Crippen molar-refractivity contribution in [1.82, 2.24) is 4.72 Å². The molecule has 72 heavy (non-hydrogen) atoms. The quantitative estimate of drug-likeness (QED) is 0.0555. The van der Waals surface area contributed by atoms with Crippen LogP contribution in [0, 0.1) is 11.7 Å². The third kappa shape index (κ3) is 15.6. The normalized spacial score (nSPS) is 22.0. The zero-order chi connectivity index (χ0) is 52.9. The second-order valence-electron chi connectivity index (χ2n) is 17.6. The number of halogens is 1. The van der Waals surface area contributed by atoms with Crippen molar-refractivity contribution in [2.45, 2.75) is 122 Å². The molecule has 2 aliphatic rings. The second kappa shape index (κ2) is 25.4. The number of nitrogens with zero attached hydrogens (tertiary/aromatic N) is 1. The van der Waals surface area contributed by atoms with Gasteiger partial charge >= 0.3 is 35.8 Å². The third-order valence-corrected chi connectivity index (χ3v) is 12.6. The maximum atomic E-state index is 14.1. The van der Waals surface area contributed by atoms with Gasteiger partial charge in [0, 0.05) is 46.9 Å². The fourth-order valence-electron chi connectivity index (χ4n) is 8.69. The van der Waals surface area contributed by atoms with E-state index in [-0.39, 0.29) is 31.7 Å². The molecule has 2 heterocycles. The lowest BCUT2D eigenvalue weighted by Crippen LogP contribution is -2.64. The van der Waals surface area contributed by atoms with Crippen molar-refractivity contribution >= 4 is 57.4 Å². The molecule has 2 fully saturated rings. The van der Waals surface area contributed by atoms with Crippen molar-refractivity contribution in [2.24, 2.45) is 5.92 Å². The number of esters is 6. The number of hydrogen-bond donors (Lipinski definition) is 2. The minimum atomic E-state index is -3.33. The first-order chi connectivity index (χ1) is 34.0. The van der Waals surface area contributed by atoms with Crippen LogP contribution < -0.4 is 9.62 Å². The van der Waals surface area contributed by atoms with E-state index in [0.29, 0.717) is 36.1 Å². The topological polar surface area (TPSA) is 263 Å². The van der Waals surface area contributed by atoms with Crippen LogP contribution in [0.15, 0.2) is 72.8 Å². The SMILES string of the molecule is COC(=O)[C@H]1O[C@@H](OCC(CO)(CCc2ccc([C@@H]3[C@@H](CC[C@H](OC(C)=O)c4ccc(F)cc4)C(=O)N3c3ccc(CCCNS(C)(=O)=O)cc3)cc2)OC(C)=O)[C@H](OC(C)=O)[C@@H](OC(C)=O)[C@@H]1OC(C)=O. The van der Waals surface area contributed by atoms with Crippen LogP contribution in [0.25, 0.3) is 0 Å². The molecule has 0 aromatic heterocycles. The molecule has 5 rings (SSSR count). The molecule has 2 saturated heterocycles. The first-order valence-electron chi connectivity index (χ1n) is 23.1. The number of methoxy groups -OCH3 is 1. The number of sulfonamides is 1. The van der Waals surface area contributed by atoms with Crippen LogP contribution in [-0.2, 0) is 94.3 Å². The fourth-order valence-corrected chi connectivity index (χ4v) is 9.21. The average Bonchev–Trinajstić information content (AvgIpc) is 3.31. The first kappa shape index (κ1) is 56.6. The largest absolute Gasteiger partial charge is 0.467 e. The number of carbonyl (C=O) groups excluding carboxylic acids is 7. The van der Waals surface area contributed by atoms with Gasteiger partial charge in [-0.2, -0.15) is 0 Å². The highest BCUT2D eigenvalue weighted by atomic mass is 32.2. The van der Waals surface area contributed by atoms with Gasteiger partial charge in [-0.15, -0.1) is 0 Å². The molecule has 0 bridgehead atoms. The number of aryl methyl sites for hydroxylation is 2. The summed E-state index contributed by atoms with van der Waals surface area (Å²) in [6.07, 6.45) is -6.33. The highest BCUT2D eigenvalue weighted by Gasteiger charge is 2.56. The van der Waals surface area contributed by atoms with Crippen LogP contribution in [0.1, 0.15) is 94.7 Å². The van der Waals surface area contributed by atoms with Gasteiger partial charge in [0.05, 0.1) is 38.5 Å². The Bertz CT molecular complexity index is 2510. The van der Waals surface area contributed by atoms with E-state index in [4.69, 9.17) is 37.9 Å². The maximum Gasteiger partial charge on any atom is 0.339 e. The zero-order valence-electron chi connectivity index (χ0n) is 41.0. The van der Waals surface area contributed by atoms with E-state index in [9.17, 15) is 51.5 Å². The van der Waals surface area contributed by atoms with Gasteiger partial charge in [-0.3, -0.25) is 28.8 Å². The minimum Gasteiger partial charge on any atom is -0.467 e. The number of aliphatic hydroxyl groups excluding tert-OH is 1. The number of hydrogen-bond acceptors (Lipinski definition) is 18. The van der Waals surface area contributed by atoms with E-state index < -0.39 is 119 Å². The molecule has 0 saturated carbocycles. The van der Waals surface area contributed by atoms with E-state index in [1.54, 1.807) is 17.0 Å². The Morgan fingerprint density at radius 1 is 0.792 bits per heavy atom. The van der Waals surface area contributed by atoms with Crippen LogP contribution in [-0.4, -0.2) is 125 Å². The number of nitrogens with one attached hydrogen (secondary N) is 1. The second-order valence-corrected chi connectivity index (χ2v) is 19.4. The van der Waals surface area contributed by atoms with E-state index >= 15 is 0 Å². The molecule has 3 aromatic carbocycles. The summed E-state index contributed by atoms with van der Waals surface area (Å²) in [6.45, 7) is 4.36. The van der Waals surface area contributed by atoms with Crippen LogP contribution in [0.2, 0.25) is 0 Å². The van der Waals surface area contributed by atoms with Gasteiger partial charge in [-0.1, -0.05) is 48.5 Å². The summed E-state index contributed by atoms with van der Waals surface area (Å²) in [4.78, 5) is 90.2. The minimum absolute atomic E-state index is 0.0640. The third-order valence-electron chi connectivity index (χ3n) is 11.9. The van der Waals surface area contributed by atoms with Gasteiger partial charge in [-0.25, -0.2) is 22.3 Å². The Morgan fingerprint density at radius 2 is 1.38 bits per heavy atom. The number of benzene rings is 3. The Kier molecular flexibility index (Phi) is 19.9. The highest BCUT2D eigenvalue weighted by Crippen LogP contribution is 2.47. The van der Waals surface area contributed by atoms with E-state index in [2.05, 4.69) is 4.72 Å². The maximum absolute atomic E-state index is 14.1. The highest BCUT2D eigenvalue weighted by molar-refractivity contribution is 7.88. The summed E-state index contributed by atoms with van der Waals surface area (Å²) < 4.78 is 83.5. The molecule has 2 N–H and O–H groups in total. The number of ether oxygens (including phenoxy) is 8. The van der Waals surface area contributed by atoms with Crippen molar-refractivity contribution < 1.29 is 89.4 Å². The first-order valence-corrected chi connectivity index (χ1v) is 25.0. The summed E-state index contributed by atoms with van der Waals surface area (Å²) in [5, 5.41) is 10.8. The van der Waals surface area contributed by atoms with Gasteiger partial charge in [0.2, 0.25) is 15.9 Å². The molecule has 0 radical (unpaired) electrons. The number of anilines is 1. The van der Waals surface area contributed by atoms with Gasteiger partial charge in [-0.05, 0) is 85.0 Å². The Morgan fingerprint density at radius 3 is 1.93 bits per heavy atom. The van der Waals surface area contributed by atoms with E-state index in [0.717, 1.165) is 52.2 Å². The Hall–Kier alpha value is -6.33. The molecule has 20 nitrogen and oxygen atoms in total. The van der Waals surface area contributed by atoms with Crippen molar-refractivity contribution in [3.05, 3.63) is 101 Å². The lowest BCUT2D eigenvalue weighted by atomic mass is 9.78. The van der Waals surface area contributed by atoms with Gasteiger partial charge in [0.25, 0.3) is 0 Å². The summed E-state index contributed by atoms with van der Waals surface area (Å²) in [5.41, 5.74) is 1.79. The predicted molar refractivity (Wildman–Crippen MR) is 251 cm³/mol. The molecule has 1 unspecified atom stereocenters. The molecule has 392 valence electrons. The van der Waals surface area contributed by atoms with E-state index in [1.165, 1.54) is 31.2 Å². The molecule has 3 aromatic rings. The van der Waals surface area contributed by atoms with Crippen molar-refractivity contribution in [1.29, 1.82) is 0 Å². The van der Waals surface area contributed by atoms with Gasteiger partial charge in [0.1, 0.15) is 11.9 Å². The molecule has 9 atom stereocenters. The van der Waals surface area contributed by atoms with Crippen LogP contribution in [0.3, 0.4) is 0 Å². The van der Waals surface area contributed by atoms with Gasteiger partial charge < -0.3 is 47.9 Å². The molecule has 0 aliphatic carbocycles. The molecular formula is C50H61FN2O18S. The standard InChI is InChI=1S/C50H61FN2O18S/c1-29(55)66-41(36-16-18-38(51)19-17-36)23-22-40-42(53(47(40)60)39-20-12-34(13-21-39)9-8-26-52-72(7,62)63)37-14-10-35(11-15-37)24-25-50(27-54,71-33(5)59)28-65-49-46(69-32(4)58)44(68-31(3)57)43(67-30(2)56)45(70-49)48(61)64-6/h10-21,40-46,49,52,54H,8-9,22-28H2,1-7H3/t40-,41+,42-,43+,44+,45+,46-,49-,50?/m1/s1. The summed E-state index contributed by atoms with van der Waals surface area (Å²) in [7, 11) is -2.30. The van der Waals surface area contributed by atoms with Crippen molar-refractivity contribution in [3.8, 4) is 0 Å². The zero-order valence-corrected chi connectivity index (χ0v) is 41.8. The molecule has 0 spiro atoms. The number of carbonyl (C=O) groups is 7. The smallest absolute Gasteiger partial charge is 0.339 e. The molecule has 1 amide bonds. The van der Waals surface area contributed by atoms with Crippen LogP contribution >= 0.6 is 0 Å². The lowest BCUT2D eigenvalue weighted by molar-refractivity contribution is -0.309. The monoisotopic (exact) mass is 1030 g/mol. The Balaban J connectivity index is 1.39. The van der Waals surface area contributed by atoms with Crippen LogP contribution in [0.4, 0.5) is 10.1 Å². The summed E-state index contributed by atoms with van der Waals surface area (Å²) in [6, 6.07) is 19.8. The van der Waals surface area contributed by atoms with Gasteiger partial charge in [0.15, 0.2) is 36.3 Å². The number of β-lactam (4-membered cyclic amide) rings is 1. The van der Waals surface area contributed by atoms with Crippen LogP contribution in [0.5, 0.6) is 0 Å². The lowest BCUT2D eigenvalue weighted by Gasteiger charge is -2.48. The van der Waals surface area contributed by atoms with Crippen molar-refractivity contribution in [3.63, 3.8) is 0 Å². The summed E-state index contributed by atoms with van der Waals surface area (Å²) >= 11 is 0. The molecule has 2 aliphatic heterocycles. The summed E-state index contributed by atoms with van der Waals surface area (Å²) in [5.74, 6) is -6.30. The number of aliphatic hydroxyl groups is 1. The Labute approximate surface area is 416 Å². The number of rotatable bonds is 24. The number of amides is 1. The fraction of sp³-hybridized carbons (Fsp3) is 0.500. The average molecular weight is 1030 g/mol. The molecular weight excluding hydrogens is 968 g/mol. The predicted octanol–water partition coefficient (Wildman–Crippen LogP) is 4.03.